The van der Waals surface area contributed by atoms with Gasteiger partial charge in [0.25, 0.3) is 0 Å². The van der Waals surface area contributed by atoms with Crippen LogP contribution in [0.5, 0.6) is 0 Å². The highest BCUT2D eigenvalue weighted by Gasteiger charge is 2.27. The minimum atomic E-state index is -0.481. The second-order valence-corrected chi connectivity index (χ2v) is 8.59. The summed E-state index contributed by atoms with van der Waals surface area (Å²) in [5.41, 5.74) is 2.67. The van der Waals surface area contributed by atoms with Gasteiger partial charge in [0, 0.05) is 37.3 Å². The van der Waals surface area contributed by atoms with Crippen molar-refractivity contribution in [2.24, 2.45) is 18.9 Å². The maximum atomic E-state index is 12.5. The van der Waals surface area contributed by atoms with Crippen LogP contribution < -0.4 is 10.6 Å². The van der Waals surface area contributed by atoms with Crippen LogP contribution in [0.25, 0.3) is 0 Å². The number of nitrogens with one attached hydrogen (secondary N) is 2. The van der Waals surface area contributed by atoms with Gasteiger partial charge in [-0.2, -0.15) is 5.10 Å². The van der Waals surface area contributed by atoms with Crippen molar-refractivity contribution in [1.29, 1.82) is 0 Å². The smallest absolute Gasteiger partial charge is 0.407 e. The topological polar surface area (TPSA) is 85.3 Å². The van der Waals surface area contributed by atoms with E-state index in [9.17, 15) is 9.59 Å². The Morgan fingerprint density at radius 1 is 1.15 bits per heavy atom. The van der Waals surface area contributed by atoms with Crippen LogP contribution in [-0.2, 0) is 23.1 Å². The number of ether oxygens (including phenoxy) is 1. The zero-order chi connectivity index (χ0) is 20.2. The van der Waals surface area contributed by atoms with Crippen LogP contribution in [0.4, 0.5) is 4.79 Å². The van der Waals surface area contributed by atoms with Crippen molar-refractivity contribution in [3.8, 4) is 0 Å². The lowest BCUT2D eigenvalue weighted by Crippen LogP contribution is -2.38. The van der Waals surface area contributed by atoms with Crippen molar-refractivity contribution < 1.29 is 14.3 Å². The number of carbonyl (C=O) groups excluding carboxylic acids is 2. The van der Waals surface area contributed by atoms with Crippen molar-refractivity contribution in [3.63, 3.8) is 0 Å². The summed E-state index contributed by atoms with van der Waals surface area (Å²) in [4.78, 5) is 24.2. The number of hydrogen-bond donors (Lipinski definition) is 2. The molecule has 2 rings (SSSR count). The van der Waals surface area contributed by atoms with E-state index in [2.05, 4.69) is 15.7 Å². The molecule has 0 saturated heterocycles. The molecular formula is C20H34N4O3. The number of aryl methyl sites for hydroxylation is 2. The minimum Gasteiger partial charge on any atom is -0.444 e. The van der Waals surface area contributed by atoms with E-state index in [1.807, 2.05) is 46.3 Å². The fraction of sp³-hybridized carbons (Fsp3) is 0.750. The maximum absolute atomic E-state index is 12.5. The number of aromatic nitrogens is 2. The van der Waals surface area contributed by atoms with Crippen LogP contribution in [0, 0.1) is 25.7 Å². The van der Waals surface area contributed by atoms with Crippen LogP contribution >= 0.6 is 0 Å². The van der Waals surface area contributed by atoms with E-state index < -0.39 is 5.60 Å². The van der Waals surface area contributed by atoms with Gasteiger partial charge in [0.1, 0.15) is 5.60 Å². The summed E-state index contributed by atoms with van der Waals surface area (Å²) in [5, 5.41) is 10.3. The first-order chi connectivity index (χ1) is 12.6. The highest BCUT2D eigenvalue weighted by molar-refractivity contribution is 5.78. The summed E-state index contributed by atoms with van der Waals surface area (Å²) in [6.45, 7) is 10.7. The van der Waals surface area contributed by atoms with E-state index in [1.54, 1.807) is 0 Å². The third-order valence-electron chi connectivity index (χ3n) is 5.25. The Labute approximate surface area is 162 Å². The monoisotopic (exact) mass is 378 g/mol. The number of alkyl carbamates (subject to hydrolysis) is 1. The summed E-state index contributed by atoms with van der Waals surface area (Å²) < 4.78 is 7.11. The van der Waals surface area contributed by atoms with Crippen molar-refractivity contribution in [2.45, 2.75) is 72.4 Å². The molecule has 1 fully saturated rings. The Morgan fingerprint density at radius 2 is 1.78 bits per heavy atom. The molecule has 0 aromatic carbocycles. The molecule has 1 aromatic rings. The predicted octanol–water partition coefficient (Wildman–Crippen LogP) is 2.98. The molecule has 152 valence electrons. The molecule has 1 aliphatic rings. The summed E-state index contributed by atoms with van der Waals surface area (Å²) in [7, 11) is 1.92. The SMILES string of the molecule is Cc1nn(C)c(C)c1CNC(=O)C1CCC(CNC(=O)OC(C)(C)C)CC1. The van der Waals surface area contributed by atoms with Crippen molar-refractivity contribution in [2.75, 3.05) is 6.54 Å². The molecule has 0 radical (unpaired) electrons. The van der Waals surface area contributed by atoms with Gasteiger partial charge in [0.2, 0.25) is 5.91 Å². The summed E-state index contributed by atoms with van der Waals surface area (Å²) in [6, 6.07) is 0. The first-order valence-electron chi connectivity index (χ1n) is 9.80. The Bertz CT molecular complexity index is 668. The zero-order valence-corrected chi connectivity index (χ0v) is 17.5. The number of amides is 2. The molecule has 27 heavy (non-hydrogen) atoms. The molecule has 7 nitrogen and oxygen atoms in total. The van der Waals surface area contributed by atoms with Crippen LogP contribution in [0.3, 0.4) is 0 Å². The molecule has 0 unspecified atom stereocenters. The van der Waals surface area contributed by atoms with E-state index in [0.29, 0.717) is 19.0 Å². The molecule has 2 N–H and O–H groups in total. The molecule has 1 aliphatic carbocycles. The first-order valence-corrected chi connectivity index (χ1v) is 9.80. The van der Waals surface area contributed by atoms with E-state index in [-0.39, 0.29) is 17.9 Å². The lowest BCUT2D eigenvalue weighted by molar-refractivity contribution is -0.126. The van der Waals surface area contributed by atoms with Crippen LogP contribution in [0.2, 0.25) is 0 Å². The summed E-state index contributed by atoms with van der Waals surface area (Å²) >= 11 is 0. The van der Waals surface area contributed by atoms with Crippen LogP contribution in [-0.4, -0.2) is 33.9 Å². The largest absolute Gasteiger partial charge is 0.444 e. The standard InChI is InChI=1S/C20H34N4O3/c1-13-17(14(2)24(6)23-13)12-21-18(25)16-9-7-15(8-10-16)11-22-19(26)27-20(3,4)5/h15-16H,7-12H2,1-6H3,(H,21,25)(H,22,26). The number of hydrogen-bond acceptors (Lipinski definition) is 4. The molecular weight excluding hydrogens is 344 g/mol. The number of rotatable bonds is 5. The average Bonchev–Trinajstić information content (AvgIpc) is 2.82. The Kier molecular flexibility index (Phi) is 6.89. The normalized spacial score (nSPS) is 20.2. The third kappa shape index (κ3) is 6.26. The van der Waals surface area contributed by atoms with Gasteiger partial charge in [0.05, 0.1) is 5.69 Å². The first kappa shape index (κ1) is 21.3. The second-order valence-electron chi connectivity index (χ2n) is 8.59. The molecule has 7 heteroatoms. The van der Waals surface area contributed by atoms with Gasteiger partial charge in [-0.1, -0.05) is 0 Å². The lowest BCUT2D eigenvalue weighted by Gasteiger charge is -2.28. The molecule has 0 atom stereocenters. The fourth-order valence-electron chi connectivity index (χ4n) is 3.56. The van der Waals surface area contributed by atoms with Gasteiger partial charge < -0.3 is 15.4 Å². The maximum Gasteiger partial charge on any atom is 0.407 e. The molecule has 2 amide bonds. The molecule has 1 saturated carbocycles. The van der Waals surface area contributed by atoms with Gasteiger partial charge in [-0.3, -0.25) is 9.48 Å². The van der Waals surface area contributed by atoms with Gasteiger partial charge in [-0.15, -0.1) is 0 Å². The molecule has 1 aromatic heterocycles. The fourth-order valence-corrected chi connectivity index (χ4v) is 3.56. The average molecular weight is 379 g/mol. The van der Waals surface area contributed by atoms with Gasteiger partial charge in [0.15, 0.2) is 0 Å². The second kappa shape index (κ2) is 8.76. The third-order valence-corrected chi connectivity index (χ3v) is 5.25. The zero-order valence-electron chi connectivity index (χ0n) is 17.5. The molecule has 0 spiro atoms. The Hall–Kier alpha value is -2.05. The van der Waals surface area contributed by atoms with E-state index in [1.165, 1.54) is 0 Å². The Morgan fingerprint density at radius 3 is 2.30 bits per heavy atom. The quantitative estimate of drug-likeness (QED) is 0.825. The van der Waals surface area contributed by atoms with E-state index in [0.717, 1.165) is 42.6 Å². The number of nitrogens with zero attached hydrogens (tertiary/aromatic N) is 2. The van der Waals surface area contributed by atoms with Gasteiger partial charge in [-0.25, -0.2) is 4.79 Å². The lowest BCUT2D eigenvalue weighted by atomic mass is 9.81. The molecule has 0 bridgehead atoms. The van der Waals surface area contributed by atoms with Crippen LogP contribution in [0.1, 0.15) is 63.4 Å². The minimum absolute atomic E-state index is 0.0556. The van der Waals surface area contributed by atoms with Crippen molar-refractivity contribution in [3.05, 3.63) is 17.0 Å². The molecule has 0 aliphatic heterocycles. The predicted molar refractivity (Wildman–Crippen MR) is 104 cm³/mol. The highest BCUT2D eigenvalue weighted by atomic mass is 16.6. The van der Waals surface area contributed by atoms with Gasteiger partial charge in [-0.05, 0) is 66.2 Å². The van der Waals surface area contributed by atoms with Crippen LogP contribution in [0.15, 0.2) is 0 Å². The summed E-state index contributed by atoms with van der Waals surface area (Å²) in [6.07, 6.45) is 3.23. The summed E-state index contributed by atoms with van der Waals surface area (Å²) in [5.74, 6) is 0.584. The van der Waals surface area contributed by atoms with E-state index >= 15 is 0 Å². The number of carbonyl (C=O) groups is 2. The highest BCUT2D eigenvalue weighted by Crippen LogP contribution is 2.28. The van der Waals surface area contributed by atoms with Crippen molar-refractivity contribution in [1.82, 2.24) is 20.4 Å². The van der Waals surface area contributed by atoms with Gasteiger partial charge >= 0.3 is 6.09 Å². The van der Waals surface area contributed by atoms with Crippen molar-refractivity contribution >= 4 is 12.0 Å². The Balaban J connectivity index is 1.72. The molecule has 1 heterocycles. The van der Waals surface area contributed by atoms with E-state index in [4.69, 9.17) is 4.74 Å².